The summed E-state index contributed by atoms with van der Waals surface area (Å²) in [6.07, 6.45) is 1.05. The first kappa shape index (κ1) is 18.2. The number of benzene rings is 1. The highest BCUT2D eigenvalue weighted by atomic mass is 32.1. The SMILES string of the molecule is Cc1ccc(OC(C)C(=O)NCc2sc(-c3ccco3)nc2C)cc1C. The third-order valence-corrected chi connectivity index (χ3v) is 5.38. The minimum Gasteiger partial charge on any atom is -0.481 e. The number of thiazole rings is 1. The summed E-state index contributed by atoms with van der Waals surface area (Å²) >= 11 is 1.52. The van der Waals surface area contributed by atoms with Crippen LogP contribution in [0.15, 0.2) is 41.0 Å². The maximum Gasteiger partial charge on any atom is 0.261 e. The van der Waals surface area contributed by atoms with Gasteiger partial charge in [-0.3, -0.25) is 4.79 Å². The molecule has 3 aromatic rings. The lowest BCUT2D eigenvalue weighted by molar-refractivity contribution is -0.127. The molecule has 0 saturated heterocycles. The Balaban J connectivity index is 1.59. The Bertz CT molecular complexity index is 900. The average molecular weight is 370 g/mol. The number of hydrogen-bond donors (Lipinski definition) is 1. The summed E-state index contributed by atoms with van der Waals surface area (Å²) < 4.78 is 11.1. The maximum absolute atomic E-state index is 12.3. The highest BCUT2D eigenvalue weighted by Gasteiger charge is 2.17. The fraction of sp³-hybridized carbons (Fsp3) is 0.300. The van der Waals surface area contributed by atoms with Crippen molar-refractivity contribution in [3.8, 4) is 16.5 Å². The monoisotopic (exact) mass is 370 g/mol. The van der Waals surface area contributed by atoms with Gasteiger partial charge in [0.1, 0.15) is 5.75 Å². The number of nitrogens with one attached hydrogen (secondary N) is 1. The van der Waals surface area contributed by atoms with E-state index in [2.05, 4.69) is 10.3 Å². The molecule has 0 bridgehead atoms. The molecule has 2 aromatic heterocycles. The fourth-order valence-corrected chi connectivity index (χ4v) is 3.42. The van der Waals surface area contributed by atoms with E-state index < -0.39 is 6.10 Å². The molecule has 3 rings (SSSR count). The maximum atomic E-state index is 12.3. The molecule has 0 fully saturated rings. The van der Waals surface area contributed by atoms with E-state index in [1.165, 1.54) is 16.9 Å². The number of rotatable bonds is 6. The Morgan fingerprint density at radius 2 is 2.08 bits per heavy atom. The largest absolute Gasteiger partial charge is 0.481 e. The number of hydrogen-bond acceptors (Lipinski definition) is 5. The molecule has 1 unspecified atom stereocenters. The lowest BCUT2D eigenvalue weighted by atomic mass is 10.1. The van der Waals surface area contributed by atoms with Crippen molar-refractivity contribution >= 4 is 17.2 Å². The van der Waals surface area contributed by atoms with Crippen molar-refractivity contribution in [1.82, 2.24) is 10.3 Å². The van der Waals surface area contributed by atoms with E-state index in [1.54, 1.807) is 13.2 Å². The van der Waals surface area contributed by atoms with Gasteiger partial charge in [-0.15, -0.1) is 11.3 Å². The van der Waals surface area contributed by atoms with Crippen molar-refractivity contribution < 1.29 is 13.9 Å². The number of amides is 1. The van der Waals surface area contributed by atoms with Crippen LogP contribution in [0.3, 0.4) is 0 Å². The zero-order chi connectivity index (χ0) is 18.7. The molecule has 1 atom stereocenters. The first-order chi connectivity index (χ1) is 12.4. The van der Waals surface area contributed by atoms with Gasteiger partial charge in [-0.2, -0.15) is 0 Å². The van der Waals surface area contributed by atoms with E-state index in [4.69, 9.17) is 9.15 Å². The van der Waals surface area contributed by atoms with Crippen LogP contribution in [0, 0.1) is 20.8 Å². The molecule has 5 nitrogen and oxygen atoms in total. The lowest BCUT2D eigenvalue weighted by Crippen LogP contribution is -2.35. The third kappa shape index (κ3) is 4.14. The normalized spacial score (nSPS) is 12.0. The molecule has 0 aliphatic carbocycles. The zero-order valence-corrected chi connectivity index (χ0v) is 16.1. The van der Waals surface area contributed by atoms with Gasteiger partial charge in [0.05, 0.1) is 18.5 Å². The number of nitrogens with zero attached hydrogens (tertiary/aromatic N) is 1. The zero-order valence-electron chi connectivity index (χ0n) is 15.3. The van der Waals surface area contributed by atoms with Crippen molar-refractivity contribution in [3.05, 3.63) is 58.3 Å². The van der Waals surface area contributed by atoms with Crippen molar-refractivity contribution in [2.75, 3.05) is 0 Å². The van der Waals surface area contributed by atoms with Crippen LogP contribution < -0.4 is 10.1 Å². The lowest BCUT2D eigenvalue weighted by Gasteiger charge is -2.15. The molecule has 0 saturated carbocycles. The summed E-state index contributed by atoms with van der Waals surface area (Å²) in [4.78, 5) is 17.9. The second-order valence-electron chi connectivity index (χ2n) is 6.23. The topological polar surface area (TPSA) is 64.4 Å². The standard InChI is InChI=1S/C20H22N2O3S/c1-12-7-8-16(10-13(12)2)25-15(4)19(23)21-11-18-14(3)22-20(26-18)17-6-5-9-24-17/h5-10,15H,11H2,1-4H3,(H,21,23). The van der Waals surface area contributed by atoms with E-state index in [0.717, 1.165) is 26.9 Å². The minimum absolute atomic E-state index is 0.157. The van der Waals surface area contributed by atoms with Crippen LogP contribution in [0.5, 0.6) is 5.75 Å². The predicted octanol–water partition coefficient (Wildman–Crippen LogP) is 4.41. The fourth-order valence-electron chi connectivity index (χ4n) is 2.45. The van der Waals surface area contributed by atoms with Crippen molar-refractivity contribution in [3.63, 3.8) is 0 Å². The number of aromatic nitrogens is 1. The van der Waals surface area contributed by atoms with Gasteiger partial charge in [0.25, 0.3) is 5.91 Å². The molecule has 1 N–H and O–H groups in total. The smallest absolute Gasteiger partial charge is 0.261 e. The van der Waals surface area contributed by atoms with Crippen LogP contribution in [0.4, 0.5) is 0 Å². The average Bonchev–Trinajstić information content (AvgIpc) is 3.25. The van der Waals surface area contributed by atoms with Gasteiger partial charge in [-0.05, 0) is 63.1 Å². The van der Waals surface area contributed by atoms with Gasteiger partial charge < -0.3 is 14.5 Å². The summed E-state index contributed by atoms with van der Waals surface area (Å²) in [5, 5.41) is 3.74. The Morgan fingerprint density at radius 1 is 1.27 bits per heavy atom. The van der Waals surface area contributed by atoms with E-state index in [-0.39, 0.29) is 5.91 Å². The second kappa shape index (κ2) is 7.74. The predicted molar refractivity (Wildman–Crippen MR) is 102 cm³/mol. The Morgan fingerprint density at radius 3 is 2.77 bits per heavy atom. The van der Waals surface area contributed by atoms with Crippen LogP contribution in [0.2, 0.25) is 0 Å². The van der Waals surface area contributed by atoms with Gasteiger partial charge in [0.2, 0.25) is 0 Å². The first-order valence-electron chi connectivity index (χ1n) is 8.46. The van der Waals surface area contributed by atoms with Gasteiger partial charge in [-0.25, -0.2) is 4.98 Å². The van der Waals surface area contributed by atoms with Crippen LogP contribution in [0.1, 0.15) is 28.6 Å². The molecule has 1 aromatic carbocycles. The third-order valence-electron chi connectivity index (χ3n) is 4.21. The molecular weight excluding hydrogens is 348 g/mol. The summed E-state index contributed by atoms with van der Waals surface area (Å²) in [6.45, 7) is 8.17. The number of carbonyl (C=O) groups is 1. The number of furan rings is 1. The van der Waals surface area contributed by atoms with Crippen LogP contribution in [-0.4, -0.2) is 17.0 Å². The van der Waals surface area contributed by atoms with Gasteiger partial charge >= 0.3 is 0 Å². The Labute approximate surface area is 157 Å². The van der Waals surface area contributed by atoms with Crippen LogP contribution in [0.25, 0.3) is 10.8 Å². The van der Waals surface area contributed by atoms with Crippen molar-refractivity contribution in [2.24, 2.45) is 0 Å². The van der Waals surface area contributed by atoms with E-state index >= 15 is 0 Å². The molecule has 0 aliphatic heterocycles. The number of aryl methyl sites for hydroxylation is 3. The molecule has 26 heavy (non-hydrogen) atoms. The molecule has 6 heteroatoms. The van der Waals surface area contributed by atoms with Crippen LogP contribution >= 0.6 is 11.3 Å². The van der Waals surface area contributed by atoms with Crippen molar-refractivity contribution in [2.45, 2.75) is 40.3 Å². The Hall–Kier alpha value is -2.60. The van der Waals surface area contributed by atoms with Gasteiger partial charge in [0, 0.05) is 4.88 Å². The summed E-state index contributed by atoms with van der Waals surface area (Å²) in [7, 11) is 0. The molecule has 0 radical (unpaired) electrons. The van der Waals surface area contributed by atoms with E-state index in [1.807, 2.05) is 51.1 Å². The molecule has 2 heterocycles. The highest BCUT2D eigenvalue weighted by Crippen LogP contribution is 2.28. The molecule has 1 amide bonds. The van der Waals surface area contributed by atoms with Crippen LogP contribution in [-0.2, 0) is 11.3 Å². The quantitative estimate of drug-likeness (QED) is 0.698. The first-order valence-corrected chi connectivity index (χ1v) is 9.27. The van der Waals surface area contributed by atoms with Crippen molar-refractivity contribution in [1.29, 1.82) is 0 Å². The summed E-state index contributed by atoms with van der Waals surface area (Å²) in [5.74, 6) is 1.28. The second-order valence-corrected chi connectivity index (χ2v) is 7.31. The van der Waals surface area contributed by atoms with E-state index in [9.17, 15) is 4.79 Å². The molecule has 0 aliphatic rings. The molecular formula is C20H22N2O3S. The van der Waals surface area contributed by atoms with Gasteiger partial charge in [-0.1, -0.05) is 6.07 Å². The van der Waals surface area contributed by atoms with E-state index in [0.29, 0.717) is 12.3 Å². The number of carbonyl (C=O) groups excluding carboxylic acids is 1. The Kier molecular flexibility index (Phi) is 5.42. The number of ether oxygens (including phenoxy) is 1. The highest BCUT2D eigenvalue weighted by molar-refractivity contribution is 7.15. The van der Waals surface area contributed by atoms with Gasteiger partial charge in [0.15, 0.2) is 16.9 Å². The summed E-state index contributed by atoms with van der Waals surface area (Å²) in [6, 6.07) is 9.53. The minimum atomic E-state index is -0.574. The molecule has 0 spiro atoms. The molecule has 136 valence electrons. The summed E-state index contributed by atoms with van der Waals surface area (Å²) in [5.41, 5.74) is 3.23.